The van der Waals surface area contributed by atoms with Crippen LogP contribution in [0.4, 0.5) is 15.9 Å². The summed E-state index contributed by atoms with van der Waals surface area (Å²) in [5, 5.41) is 4.35. The Morgan fingerprint density at radius 3 is 2.54 bits per heavy atom. The minimum atomic E-state index is -0.372. The fraction of sp³-hybridized carbons (Fsp3) is 0.433. The Balaban J connectivity index is 1.36. The van der Waals surface area contributed by atoms with E-state index in [9.17, 15) is 9.18 Å². The van der Waals surface area contributed by atoms with Crippen molar-refractivity contribution in [1.82, 2.24) is 24.6 Å². The maximum atomic E-state index is 13.9. The van der Waals surface area contributed by atoms with Crippen molar-refractivity contribution in [2.45, 2.75) is 50.7 Å². The summed E-state index contributed by atoms with van der Waals surface area (Å²) in [6.45, 7) is 14.2. The van der Waals surface area contributed by atoms with Crippen LogP contribution < -0.4 is 10.5 Å². The molecule has 2 aliphatic rings. The van der Waals surface area contributed by atoms with Crippen molar-refractivity contribution in [1.29, 1.82) is 0 Å². The molecule has 0 bridgehead atoms. The Morgan fingerprint density at radius 2 is 1.80 bits per heavy atom. The summed E-state index contributed by atoms with van der Waals surface area (Å²) in [6, 6.07) is 11.1. The quantitative estimate of drug-likeness (QED) is 0.329. The van der Waals surface area contributed by atoms with Gasteiger partial charge in [0, 0.05) is 57.4 Å². The lowest BCUT2D eigenvalue weighted by atomic mass is 9.98. The van der Waals surface area contributed by atoms with E-state index in [1.54, 1.807) is 41.9 Å². The van der Waals surface area contributed by atoms with Crippen molar-refractivity contribution in [3.63, 3.8) is 0 Å². The van der Waals surface area contributed by atoms with E-state index >= 15 is 0 Å². The number of aromatic nitrogens is 4. The number of hydrogen-bond acceptors (Lipinski definition) is 8. The van der Waals surface area contributed by atoms with Crippen molar-refractivity contribution in [3.8, 4) is 0 Å². The van der Waals surface area contributed by atoms with Gasteiger partial charge in [-0.05, 0) is 56.5 Å². The molecule has 6 rings (SSSR count). The molecule has 11 heteroatoms. The molecule has 212 valence electrons. The summed E-state index contributed by atoms with van der Waals surface area (Å²) in [6.07, 6.45) is 1.69. The summed E-state index contributed by atoms with van der Waals surface area (Å²) >= 11 is 0. The van der Waals surface area contributed by atoms with Crippen LogP contribution in [0.5, 0.6) is 0 Å². The van der Waals surface area contributed by atoms with Gasteiger partial charge in [-0.1, -0.05) is 23.9 Å². The highest BCUT2D eigenvalue weighted by molar-refractivity contribution is 5.89. The van der Waals surface area contributed by atoms with E-state index in [1.807, 2.05) is 0 Å². The van der Waals surface area contributed by atoms with Crippen LogP contribution in [0.2, 0.25) is 0 Å². The second-order valence-corrected chi connectivity index (χ2v) is 11.0. The molecule has 41 heavy (non-hydrogen) atoms. The predicted octanol–water partition coefficient (Wildman–Crippen LogP) is 4.59. The van der Waals surface area contributed by atoms with E-state index in [0.717, 1.165) is 18.4 Å². The monoisotopic (exact) mass is 557 g/mol. The molecular formula is C30H32FN7O3. The first kappa shape index (κ1) is 27.1. The van der Waals surface area contributed by atoms with Gasteiger partial charge in [0.05, 0.1) is 11.2 Å². The van der Waals surface area contributed by atoms with Crippen molar-refractivity contribution in [3.05, 3.63) is 87.3 Å². The molecular weight excluding hydrogens is 525 g/mol. The smallest absolute Gasteiger partial charge is 0.270 e. The number of fused-ring (bicyclic) bond motifs is 1. The van der Waals surface area contributed by atoms with Crippen LogP contribution in [-0.4, -0.2) is 63.0 Å². The number of ether oxygens (including phenoxy) is 1. The number of anilines is 1. The van der Waals surface area contributed by atoms with Gasteiger partial charge in [0.15, 0.2) is 5.82 Å². The van der Waals surface area contributed by atoms with E-state index < -0.39 is 0 Å². The molecule has 0 saturated carbocycles. The topological polar surface area (TPSA) is 93.9 Å². The summed E-state index contributed by atoms with van der Waals surface area (Å²) in [4.78, 5) is 30.4. The second kappa shape index (κ2) is 11.0. The van der Waals surface area contributed by atoms with Crippen molar-refractivity contribution < 1.29 is 13.7 Å². The second-order valence-electron chi connectivity index (χ2n) is 11.0. The molecule has 10 nitrogen and oxygen atoms in total. The molecule has 0 radical (unpaired) electrons. The van der Waals surface area contributed by atoms with Gasteiger partial charge in [-0.25, -0.2) is 4.39 Å². The first-order valence-electron chi connectivity index (χ1n) is 13.9. The Hall–Kier alpha value is -4.14. The van der Waals surface area contributed by atoms with Crippen LogP contribution in [-0.2, 0) is 11.8 Å². The third-order valence-corrected chi connectivity index (χ3v) is 8.31. The third kappa shape index (κ3) is 5.09. The molecule has 2 aliphatic heterocycles. The number of pyridine rings is 2. The van der Waals surface area contributed by atoms with E-state index in [0.29, 0.717) is 54.7 Å². The zero-order chi connectivity index (χ0) is 28.7. The lowest BCUT2D eigenvalue weighted by molar-refractivity contribution is 0.0830. The molecule has 0 spiro atoms. The zero-order valence-corrected chi connectivity index (χ0v) is 23.3. The van der Waals surface area contributed by atoms with Crippen LogP contribution in [0.15, 0.2) is 51.8 Å². The van der Waals surface area contributed by atoms with Crippen LogP contribution in [0, 0.1) is 12.4 Å². The summed E-state index contributed by atoms with van der Waals surface area (Å²) in [7, 11) is 1.71. The van der Waals surface area contributed by atoms with Crippen LogP contribution in [0.1, 0.15) is 55.9 Å². The van der Waals surface area contributed by atoms with Gasteiger partial charge >= 0.3 is 0 Å². The summed E-state index contributed by atoms with van der Waals surface area (Å²) in [5.41, 5.74) is 2.75. The third-order valence-electron chi connectivity index (χ3n) is 8.31. The fourth-order valence-electron chi connectivity index (χ4n) is 6.03. The number of hydrogen-bond donors (Lipinski definition) is 0. The van der Waals surface area contributed by atoms with Gasteiger partial charge in [0.2, 0.25) is 11.4 Å². The van der Waals surface area contributed by atoms with Crippen LogP contribution in [0.3, 0.4) is 0 Å². The number of halogens is 1. The first-order valence-corrected chi connectivity index (χ1v) is 13.9. The van der Waals surface area contributed by atoms with Gasteiger partial charge in [-0.3, -0.25) is 9.69 Å². The average Bonchev–Trinajstić information content (AvgIpc) is 3.48. The fourth-order valence-corrected chi connectivity index (χ4v) is 6.03. The highest BCUT2D eigenvalue weighted by atomic mass is 19.1. The van der Waals surface area contributed by atoms with E-state index in [2.05, 4.69) is 38.6 Å². The molecule has 4 aromatic rings. The Kier molecular flexibility index (Phi) is 7.28. The molecule has 2 fully saturated rings. The predicted molar refractivity (Wildman–Crippen MR) is 152 cm³/mol. The summed E-state index contributed by atoms with van der Waals surface area (Å²) < 4.78 is 26.9. The maximum absolute atomic E-state index is 13.9. The number of aryl methyl sites for hydroxylation is 1. The van der Waals surface area contributed by atoms with Gasteiger partial charge in [-0.15, -0.1) is 4.98 Å². The van der Waals surface area contributed by atoms with Crippen molar-refractivity contribution in [2.75, 3.05) is 31.2 Å². The number of rotatable bonds is 5. The largest absolute Gasteiger partial charge is 0.381 e. The van der Waals surface area contributed by atoms with Crippen LogP contribution in [0.25, 0.3) is 15.9 Å². The molecule has 2 saturated heterocycles. The van der Waals surface area contributed by atoms with Crippen molar-refractivity contribution in [2.24, 2.45) is 7.05 Å². The average molecular weight is 558 g/mol. The minimum absolute atomic E-state index is 0.0113. The minimum Gasteiger partial charge on any atom is -0.381 e. The lowest BCUT2D eigenvalue weighted by Crippen LogP contribution is -2.57. The Bertz CT molecular complexity index is 1660. The Morgan fingerprint density at radius 1 is 1.05 bits per heavy atom. The summed E-state index contributed by atoms with van der Waals surface area (Å²) in [5.74, 6) is 1.32. The van der Waals surface area contributed by atoms with E-state index in [4.69, 9.17) is 20.8 Å². The standard InChI is InChI=1S/C30H32FN7O3/c1-18-17-38(19(2)16-37(18)24-15-26(39)36(4)23-9-10-25(32-3)33-27(23)24)28(20-5-7-22(31)8-6-20)30-34-29(35-41-30)21-11-13-40-14-12-21/h5-10,15,18-19,21,28H,11-14,16-17H2,1-2,4H3/t18-,19+,28?/m0/s1. The molecule has 1 aromatic carbocycles. The van der Waals surface area contributed by atoms with Crippen LogP contribution >= 0.6 is 0 Å². The number of benzene rings is 1. The Labute approximate surface area is 237 Å². The first-order chi connectivity index (χ1) is 19.8. The SMILES string of the molecule is [C-]#[N+]c1ccc2c(n1)c(N1C[C@@H](C)N(C(c3ccc(F)cc3)c3nc(C4CCOCC4)no3)C[C@@H]1C)cc(=O)n2C. The molecule has 5 heterocycles. The highest BCUT2D eigenvalue weighted by Crippen LogP contribution is 2.36. The molecule has 0 amide bonds. The lowest BCUT2D eigenvalue weighted by Gasteiger charge is -2.47. The van der Waals surface area contributed by atoms with Gasteiger partial charge in [0.1, 0.15) is 11.9 Å². The molecule has 3 atom stereocenters. The highest BCUT2D eigenvalue weighted by Gasteiger charge is 2.39. The molecule has 0 N–H and O–H groups in total. The van der Waals surface area contributed by atoms with E-state index in [-0.39, 0.29) is 41.2 Å². The molecule has 3 aromatic heterocycles. The number of piperazine rings is 1. The van der Waals surface area contributed by atoms with Crippen molar-refractivity contribution >= 4 is 22.5 Å². The zero-order valence-electron chi connectivity index (χ0n) is 23.3. The maximum Gasteiger partial charge on any atom is 0.270 e. The number of nitrogens with zero attached hydrogens (tertiary/aromatic N) is 7. The van der Waals surface area contributed by atoms with Gasteiger partial charge < -0.3 is 23.6 Å². The van der Waals surface area contributed by atoms with Gasteiger partial charge in [0.25, 0.3) is 11.4 Å². The normalized spacial score (nSPS) is 21.2. The van der Waals surface area contributed by atoms with Gasteiger partial charge in [-0.2, -0.15) is 4.98 Å². The van der Waals surface area contributed by atoms with E-state index in [1.165, 1.54) is 12.1 Å². The molecule has 1 unspecified atom stereocenters. The molecule has 0 aliphatic carbocycles.